The van der Waals surface area contributed by atoms with Crippen LogP contribution in [0.2, 0.25) is 0 Å². The maximum atomic E-state index is 12.6. The highest BCUT2D eigenvalue weighted by Crippen LogP contribution is 2.20. The summed E-state index contributed by atoms with van der Waals surface area (Å²) in [6.07, 6.45) is 1.92. The highest BCUT2D eigenvalue weighted by Gasteiger charge is 2.08. The van der Waals surface area contributed by atoms with Crippen LogP contribution in [-0.2, 0) is 0 Å². The van der Waals surface area contributed by atoms with Gasteiger partial charge in [0.2, 0.25) is 0 Å². The highest BCUT2D eigenvalue weighted by atomic mass is 16.1. The van der Waals surface area contributed by atoms with Crippen molar-refractivity contribution >= 4 is 10.8 Å². The molecule has 2 heteroatoms. The van der Waals surface area contributed by atoms with Gasteiger partial charge in [0.05, 0.1) is 0 Å². The molecule has 0 unspecified atom stereocenters. The second kappa shape index (κ2) is 4.39. The molecule has 3 aromatic rings. The quantitative estimate of drug-likeness (QED) is 0.645. The maximum Gasteiger partial charge on any atom is 0.262 e. The van der Waals surface area contributed by atoms with Crippen LogP contribution in [0.25, 0.3) is 16.5 Å². The number of rotatable bonds is 1. The van der Waals surface area contributed by atoms with Gasteiger partial charge in [-0.25, -0.2) is 0 Å². The summed E-state index contributed by atoms with van der Waals surface area (Å²) in [6.45, 7) is 4.09. The Hall–Kier alpha value is -2.35. The molecule has 0 saturated heterocycles. The van der Waals surface area contributed by atoms with E-state index in [1.165, 1.54) is 0 Å². The Bertz CT molecular complexity index is 801. The molecule has 0 saturated carbocycles. The van der Waals surface area contributed by atoms with Crippen molar-refractivity contribution in [3.63, 3.8) is 0 Å². The summed E-state index contributed by atoms with van der Waals surface area (Å²) in [5.41, 5.74) is 3.21. The van der Waals surface area contributed by atoms with Gasteiger partial charge in [-0.05, 0) is 48.6 Å². The largest absolute Gasteiger partial charge is 0.284 e. The number of para-hydroxylation sites is 1. The molecule has 0 fully saturated rings. The zero-order valence-corrected chi connectivity index (χ0v) is 11.1. The van der Waals surface area contributed by atoms with E-state index in [1.807, 2.05) is 68.6 Å². The van der Waals surface area contributed by atoms with E-state index in [4.69, 9.17) is 0 Å². The monoisotopic (exact) mass is 249 g/mol. The van der Waals surface area contributed by atoms with Gasteiger partial charge in [0.15, 0.2) is 0 Å². The van der Waals surface area contributed by atoms with Crippen LogP contribution < -0.4 is 5.56 Å². The van der Waals surface area contributed by atoms with Crippen molar-refractivity contribution in [2.45, 2.75) is 13.8 Å². The molecule has 0 atom stereocenters. The normalized spacial score (nSPS) is 10.8. The first-order valence-electron chi connectivity index (χ1n) is 6.35. The number of hydrogen-bond acceptors (Lipinski definition) is 1. The summed E-state index contributed by atoms with van der Waals surface area (Å²) in [4.78, 5) is 12.6. The summed E-state index contributed by atoms with van der Waals surface area (Å²) in [5.74, 6) is 0. The fourth-order valence-electron chi connectivity index (χ4n) is 2.60. The average Bonchev–Trinajstić information content (AvgIpc) is 2.43. The summed E-state index contributed by atoms with van der Waals surface area (Å²) in [6, 6.07) is 15.6. The van der Waals surface area contributed by atoms with Crippen molar-refractivity contribution in [2.75, 3.05) is 0 Å². The van der Waals surface area contributed by atoms with Crippen molar-refractivity contribution in [3.8, 4) is 5.69 Å². The summed E-state index contributed by atoms with van der Waals surface area (Å²) in [5, 5.41) is 1.85. The molecule has 0 radical (unpaired) electrons. The fourth-order valence-corrected chi connectivity index (χ4v) is 2.60. The van der Waals surface area contributed by atoms with E-state index >= 15 is 0 Å². The van der Waals surface area contributed by atoms with Crippen molar-refractivity contribution in [2.24, 2.45) is 0 Å². The van der Waals surface area contributed by atoms with Crippen LogP contribution in [0.3, 0.4) is 0 Å². The lowest BCUT2D eigenvalue weighted by molar-refractivity contribution is 0.996. The molecule has 0 aliphatic heterocycles. The lowest BCUT2D eigenvalue weighted by Crippen LogP contribution is -2.18. The summed E-state index contributed by atoms with van der Waals surface area (Å²) < 4.78 is 1.72. The Labute approximate surface area is 111 Å². The molecule has 2 aromatic carbocycles. The molecular formula is C17H15NO. The Morgan fingerprint density at radius 2 is 1.58 bits per heavy atom. The number of hydrogen-bond donors (Lipinski definition) is 0. The molecule has 0 bridgehead atoms. The maximum absolute atomic E-state index is 12.6. The van der Waals surface area contributed by atoms with Gasteiger partial charge >= 0.3 is 0 Å². The third kappa shape index (κ3) is 1.85. The molecular weight excluding hydrogens is 234 g/mol. The van der Waals surface area contributed by atoms with Crippen LogP contribution in [0, 0.1) is 13.8 Å². The molecule has 3 rings (SSSR count). The van der Waals surface area contributed by atoms with Crippen LogP contribution in [0.5, 0.6) is 0 Å². The van der Waals surface area contributed by atoms with Crippen LogP contribution in [-0.4, -0.2) is 4.57 Å². The molecule has 1 heterocycles. The fraction of sp³-hybridized carbons (Fsp3) is 0.118. The molecule has 0 aliphatic carbocycles. The van der Waals surface area contributed by atoms with Crippen LogP contribution >= 0.6 is 0 Å². The minimum atomic E-state index is 0.0375. The van der Waals surface area contributed by atoms with Gasteiger partial charge in [-0.15, -0.1) is 0 Å². The Morgan fingerprint density at radius 1 is 0.842 bits per heavy atom. The number of nitrogens with zero attached hydrogens (tertiary/aromatic N) is 1. The van der Waals surface area contributed by atoms with Crippen LogP contribution in [0.1, 0.15) is 11.1 Å². The van der Waals surface area contributed by atoms with Gasteiger partial charge in [0, 0.05) is 17.3 Å². The molecule has 19 heavy (non-hydrogen) atoms. The molecule has 0 spiro atoms. The molecule has 2 nitrogen and oxygen atoms in total. The third-order valence-electron chi connectivity index (χ3n) is 3.47. The van der Waals surface area contributed by atoms with Gasteiger partial charge in [-0.3, -0.25) is 9.36 Å². The smallest absolute Gasteiger partial charge is 0.262 e. The summed E-state index contributed by atoms with van der Waals surface area (Å²) in [7, 11) is 0. The zero-order chi connectivity index (χ0) is 13.4. The van der Waals surface area contributed by atoms with E-state index in [0.717, 1.165) is 27.6 Å². The van der Waals surface area contributed by atoms with Gasteiger partial charge in [0.1, 0.15) is 0 Å². The van der Waals surface area contributed by atoms with Crippen molar-refractivity contribution < 1.29 is 0 Å². The molecule has 94 valence electrons. The molecule has 0 aliphatic rings. The average molecular weight is 249 g/mol. The molecule has 0 amide bonds. The first-order valence-corrected chi connectivity index (χ1v) is 6.35. The standard InChI is InChI=1S/C17H15NO/c1-12-7-6-10-15-16(12)13(2)11-18(17(15)19)14-8-4-3-5-9-14/h3-11H,1-2H3. The van der Waals surface area contributed by atoms with E-state index in [0.29, 0.717) is 0 Å². The first-order chi connectivity index (χ1) is 9.18. The molecule has 0 N–H and O–H groups in total. The van der Waals surface area contributed by atoms with E-state index < -0.39 is 0 Å². The SMILES string of the molecule is Cc1cccc2c(=O)n(-c3ccccc3)cc(C)c12. The number of aryl methyl sites for hydroxylation is 2. The number of pyridine rings is 1. The highest BCUT2D eigenvalue weighted by molar-refractivity contribution is 5.87. The van der Waals surface area contributed by atoms with Gasteiger partial charge < -0.3 is 0 Å². The van der Waals surface area contributed by atoms with E-state index in [-0.39, 0.29) is 5.56 Å². The van der Waals surface area contributed by atoms with Gasteiger partial charge in [-0.1, -0.05) is 30.3 Å². The van der Waals surface area contributed by atoms with Crippen molar-refractivity contribution in [3.05, 3.63) is 76.2 Å². The minimum Gasteiger partial charge on any atom is -0.284 e. The van der Waals surface area contributed by atoms with Crippen LogP contribution in [0.4, 0.5) is 0 Å². The van der Waals surface area contributed by atoms with E-state index in [2.05, 4.69) is 0 Å². The van der Waals surface area contributed by atoms with Crippen molar-refractivity contribution in [1.82, 2.24) is 4.57 Å². The van der Waals surface area contributed by atoms with E-state index in [1.54, 1.807) is 4.57 Å². The molecule has 1 aromatic heterocycles. The lowest BCUT2D eigenvalue weighted by Gasteiger charge is -2.11. The number of aromatic nitrogens is 1. The van der Waals surface area contributed by atoms with Gasteiger partial charge in [0.25, 0.3) is 5.56 Å². The van der Waals surface area contributed by atoms with Crippen LogP contribution in [0.15, 0.2) is 59.5 Å². The Morgan fingerprint density at radius 3 is 2.32 bits per heavy atom. The van der Waals surface area contributed by atoms with E-state index in [9.17, 15) is 4.79 Å². The topological polar surface area (TPSA) is 22.0 Å². The summed E-state index contributed by atoms with van der Waals surface area (Å²) >= 11 is 0. The number of fused-ring (bicyclic) bond motifs is 1. The number of benzene rings is 2. The Balaban J connectivity index is 2.42. The first kappa shape index (κ1) is 11.7. The predicted molar refractivity (Wildman–Crippen MR) is 79.0 cm³/mol. The lowest BCUT2D eigenvalue weighted by atomic mass is 10.0. The second-order valence-corrected chi connectivity index (χ2v) is 4.82. The minimum absolute atomic E-state index is 0.0375. The third-order valence-corrected chi connectivity index (χ3v) is 3.47. The van der Waals surface area contributed by atoms with Gasteiger partial charge in [-0.2, -0.15) is 0 Å². The zero-order valence-electron chi connectivity index (χ0n) is 11.1. The predicted octanol–water partition coefficient (Wildman–Crippen LogP) is 3.61. The van der Waals surface area contributed by atoms with Crippen molar-refractivity contribution in [1.29, 1.82) is 0 Å². The Kier molecular flexibility index (Phi) is 2.71. The second-order valence-electron chi connectivity index (χ2n) is 4.82.